The molecule has 2 fully saturated rings. The molecule has 130 valence electrons. The van der Waals surface area contributed by atoms with E-state index in [1.165, 1.54) is 12.1 Å². The number of halogens is 2. The lowest BCUT2D eigenvalue weighted by atomic mass is 9.75. The van der Waals surface area contributed by atoms with Gasteiger partial charge in [-0.05, 0) is 54.5 Å². The Kier molecular flexibility index (Phi) is 4.28. The number of benzene rings is 2. The van der Waals surface area contributed by atoms with Crippen molar-refractivity contribution in [2.75, 3.05) is 6.26 Å². The van der Waals surface area contributed by atoms with Crippen LogP contribution in [0, 0.1) is 28.9 Å². The SMILES string of the molecule is CSc1ccc(-c2cc(F)c(OC3CC(=N)C4CCC34)c(F)c2)cc1. The Bertz CT molecular complexity index is 798. The minimum absolute atomic E-state index is 0.241. The number of hydrogen-bond donors (Lipinski definition) is 1. The summed E-state index contributed by atoms with van der Waals surface area (Å²) < 4.78 is 34.7. The van der Waals surface area contributed by atoms with E-state index in [1.54, 1.807) is 11.8 Å². The lowest BCUT2D eigenvalue weighted by molar-refractivity contribution is 0.0833. The van der Waals surface area contributed by atoms with Crippen LogP contribution in [0.3, 0.4) is 0 Å². The van der Waals surface area contributed by atoms with Gasteiger partial charge in [0, 0.05) is 28.9 Å². The van der Waals surface area contributed by atoms with Crippen molar-refractivity contribution in [3.05, 3.63) is 48.0 Å². The predicted molar refractivity (Wildman–Crippen MR) is 96.5 cm³/mol. The molecule has 0 saturated heterocycles. The predicted octanol–water partition coefficient (Wildman–Crippen LogP) is 5.55. The third-order valence-corrected chi connectivity index (χ3v) is 6.11. The minimum Gasteiger partial charge on any atom is -0.484 e. The summed E-state index contributed by atoms with van der Waals surface area (Å²) in [5, 5.41) is 7.95. The Hall–Kier alpha value is -1.88. The Balaban J connectivity index is 1.59. The van der Waals surface area contributed by atoms with Gasteiger partial charge in [-0.25, -0.2) is 8.78 Å². The van der Waals surface area contributed by atoms with E-state index in [-0.39, 0.29) is 23.7 Å². The molecular weight excluding hydrogens is 340 g/mol. The first-order valence-corrected chi connectivity index (χ1v) is 9.66. The van der Waals surface area contributed by atoms with E-state index in [0.717, 1.165) is 23.3 Å². The average Bonchev–Trinajstić information content (AvgIpc) is 2.77. The molecule has 2 aliphatic rings. The number of fused-ring (bicyclic) bond motifs is 1. The normalized spacial score (nSPS) is 24.8. The van der Waals surface area contributed by atoms with Gasteiger partial charge in [-0.3, -0.25) is 0 Å². The van der Waals surface area contributed by atoms with Gasteiger partial charge in [-0.1, -0.05) is 12.1 Å². The zero-order valence-electron chi connectivity index (χ0n) is 13.9. The highest BCUT2D eigenvalue weighted by Gasteiger charge is 2.47. The maximum absolute atomic E-state index is 14.5. The fraction of sp³-hybridized carbons (Fsp3) is 0.350. The van der Waals surface area contributed by atoms with Gasteiger partial charge in [0.05, 0.1) is 0 Å². The van der Waals surface area contributed by atoms with Crippen LogP contribution < -0.4 is 4.74 Å². The summed E-state index contributed by atoms with van der Waals surface area (Å²) in [5.41, 5.74) is 1.92. The van der Waals surface area contributed by atoms with Gasteiger partial charge in [0.1, 0.15) is 6.10 Å². The first-order chi connectivity index (χ1) is 12.1. The van der Waals surface area contributed by atoms with Gasteiger partial charge in [0.2, 0.25) is 0 Å². The molecule has 3 atom stereocenters. The van der Waals surface area contributed by atoms with Crippen LogP contribution >= 0.6 is 11.8 Å². The number of hydrogen-bond acceptors (Lipinski definition) is 3. The smallest absolute Gasteiger partial charge is 0.191 e. The quantitative estimate of drug-likeness (QED) is 0.726. The van der Waals surface area contributed by atoms with Crippen LogP contribution in [0.25, 0.3) is 11.1 Å². The Labute approximate surface area is 150 Å². The van der Waals surface area contributed by atoms with Crippen molar-refractivity contribution in [3.63, 3.8) is 0 Å². The molecule has 0 spiro atoms. The van der Waals surface area contributed by atoms with Crippen molar-refractivity contribution in [3.8, 4) is 16.9 Å². The third kappa shape index (κ3) is 2.95. The zero-order valence-corrected chi connectivity index (χ0v) is 14.7. The summed E-state index contributed by atoms with van der Waals surface area (Å²) in [4.78, 5) is 1.10. The molecular formula is C20H19F2NOS. The number of rotatable bonds is 4. The molecule has 2 aliphatic carbocycles. The Morgan fingerprint density at radius 1 is 1.04 bits per heavy atom. The maximum Gasteiger partial charge on any atom is 0.191 e. The Morgan fingerprint density at radius 2 is 1.72 bits per heavy atom. The number of nitrogens with one attached hydrogen (secondary N) is 1. The fourth-order valence-corrected chi connectivity index (χ4v) is 4.23. The standard InChI is InChI=1S/C20H19F2NOS/c1-25-13-4-2-11(3-5-13)12-8-16(21)20(17(22)9-12)24-19-10-18(23)14-6-7-15(14)19/h2-5,8-9,14-15,19,23H,6-7,10H2,1H3. The monoisotopic (exact) mass is 359 g/mol. The zero-order chi connectivity index (χ0) is 17.6. The minimum atomic E-state index is -0.682. The largest absolute Gasteiger partial charge is 0.484 e. The van der Waals surface area contributed by atoms with E-state index in [1.807, 2.05) is 30.5 Å². The van der Waals surface area contributed by atoms with Crippen LogP contribution in [0.5, 0.6) is 5.75 Å². The first kappa shape index (κ1) is 16.6. The summed E-state index contributed by atoms with van der Waals surface area (Å²) in [6.07, 6.45) is 4.16. The first-order valence-electron chi connectivity index (χ1n) is 8.44. The maximum atomic E-state index is 14.5. The van der Waals surface area contributed by atoms with Gasteiger partial charge >= 0.3 is 0 Å². The van der Waals surface area contributed by atoms with E-state index in [9.17, 15) is 8.78 Å². The van der Waals surface area contributed by atoms with Crippen molar-refractivity contribution in [1.82, 2.24) is 0 Å². The topological polar surface area (TPSA) is 33.1 Å². The molecule has 0 aromatic heterocycles. The Morgan fingerprint density at radius 3 is 2.24 bits per heavy atom. The van der Waals surface area contributed by atoms with Crippen LogP contribution in [0.4, 0.5) is 8.78 Å². The summed E-state index contributed by atoms with van der Waals surface area (Å²) in [6.45, 7) is 0. The highest BCUT2D eigenvalue weighted by atomic mass is 32.2. The second-order valence-corrected chi connectivity index (χ2v) is 7.61. The average molecular weight is 359 g/mol. The summed E-state index contributed by atoms with van der Waals surface area (Å²) >= 11 is 1.62. The summed E-state index contributed by atoms with van der Waals surface area (Å²) in [6, 6.07) is 10.2. The summed E-state index contributed by atoms with van der Waals surface area (Å²) in [7, 11) is 0. The van der Waals surface area contributed by atoms with Crippen molar-refractivity contribution in [1.29, 1.82) is 5.41 Å². The third-order valence-electron chi connectivity index (χ3n) is 5.36. The van der Waals surface area contributed by atoms with E-state index >= 15 is 0 Å². The van der Waals surface area contributed by atoms with E-state index < -0.39 is 11.6 Å². The lowest BCUT2D eigenvalue weighted by Crippen LogP contribution is -2.33. The van der Waals surface area contributed by atoms with Crippen molar-refractivity contribution in [2.45, 2.75) is 30.3 Å². The molecule has 2 saturated carbocycles. The lowest BCUT2D eigenvalue weighted by Gasteiger charge is -2.33. The molecule has 0 aliphatic heterocycles. The van der Waals surface area contributed by atoms with Gasteiger partial charge in [-0.15, -0.1) is 11.8 Å². The fourth-order valence-electron chi connectivity index (χ4n) is 3.83. The van der Waals surface area contributed by atoms with Crippen LogP contribution in [0.15, 0.2) is 41.3 Å². The molecule has 25 heavy (non-hydrogen) atoms. The van der Waals surface area contributed by atoms with E-state index in [2.05, 4.69) is 0 Å². The molecule has 1 N–H and O–H groups in total. The molecule has 2 aromatic carbocycles. The molecule has 0 bridgehead atoms. The number of thioether (sulfide) groups is 1. The molecule has 0 radical (unpaired) electrons. The van der Waals surface area contributed by atoms with Crippen LogP contribution in [0.1, 0.15) is 19.3 Å². The molecule has 2 nitrogen and oxygen atoms in total. The molecule has 4 rings (SSSR count). The van der Waals surface area contributed by atoms with Crippen LogP contribution in [-0.2, 0) is 0 Å². The van der Waals surface area contributed by atoms with Gasteiger partial charge < -0.3 is 10.1 Å². The van der Waals surface area contributed by atoms with Gasteiger partial charge in [0.25, 0.3) is 0 Å². The second-order valence-electron chi connectivity index (χ2n) is 6.73. The molecule has 5 heteroatoms. The van der Waals surface area contributed by atoms with Crippen LogP contribution in [-0.4, -0.2) is 18.1 Å². The van der Waals surface area contributed by atoms with Gasteiger partial charge in [-0.2, -0.15) is 0 Å². The highest BCUT2D eigenvalue weighted by molar-refractivity contribution is 7.98. The van der Waals surface area contributed by atoms with Gasteiger partial charge in [0.15, 0.2) is 17.4 Å². The van der Waals surface area contributed by atoms with Crippen molar-refractivity contribution < 1.29 is 13.5 Å². The molecule has 0 amide bonds. The van der Waals surface area contributed by atoms with Crippen molar-refractivity contribution in [2.24, 2.45) is 11.8 Å². The van der Waals surface area contributed by atoms with E-state index in [0.29, 0.717) is 17.7 Å². The van der Waals surface area contributed by atoms with Crippen LogP contribution in [0.2, 0.25) is 0 Å². The highest BCUT2D eigenvalue weighted by Crippen LogP contribution is 2.46. The van der Waals surface area contributed by atoms with E-state index in [4.69, 9.17) is 10.1 Å². The molecule has 2 aromatic rings. The molecule has 0 heterocycles. The second kappa shape index (κ2) is 6.45. The number of ether oxygens (including phenoxy) is 1. The van der Waals surface area contributed by atoms with Crippen molar-refractivity contribution >= 4 is 17.5 Å². The molecule has 3 unspecified atom stereocenters. The summed E-state index contributed by atoms with van der Waals surface area (Å²) in [5.74, 6) is -1.18.